The number of hydrogen-bond acceptors (Lipinski definition) is 5. The smallest absolute Gasteiger partial charge is 0.276 e. The largest absolute Gasteiger partial charge is 0.370 e. The lowest BCUT2D eigenvalue weighted by Crippen LogP contribution is -2.36. The molecule has 1 aliphatic rings. The minimum absolute atomic E-state index is 0.0895. The van der Waals surface area contributed by atoms with Gasteiger partial charge in [0.25, 0.3) is 5.69 Å². The minimum Gasteiger partial charge on any atom is -0.370 e. The molecule has 2 unspecified atom stereocenters. The zero-order valence-electron chi connectivity index (χ0n) is 13.0. The van der Waals surface area contributed by atoms with E-state index in [9.17, 15) is 10.1 Å². The SMILES string of the molecule is CCNc1cc([N+](=O)[O-])cc(N(C)C2CCCC(C)C2)n1. The molecule has 0 saturated heterocycles. The Kier molecular flexibility index (Phi) is 4.98. The number of hydrogen-bond donors (Lipinski definition) is 1. The maximum absolute atomic E-state index is 11.1. The quantitative estimate of drug-likeness (QED) is 0.665. The molecule has 2 atom stereocenters. The molecular weight excluding hydrogens is 268 g/mol. The monoisotopic (exact) mass is 292 g/mol. The van der Waals surface area contributed by atoms with Crippen molar-refractivity contribution in [1.29, 1.82) is 0 Å². The summed E-state index contributed by atoms with van der Waals surface area (Å²) in [5.41, 5.74) is 0.0895. The Morgan fingerprint density at radius 2 is 2.24 bits per heavy atom. The summed E-state index contributed by atoms with van der Waals surface area (Å²) in [6.07, 6.45) is 4.74. The molecule has 116 valence electrons. The van der Waals surface area contributed by atoms with Crippen LogP contribution in [0.3, 0.4) is 0 Å². The Morgan fingerprint density at radius 3 is 2.86 bits per heavy atom. The predicted molar refractivity (Wildman–Crippen MR) is 84.9 cm³/mol. The lowest BCUT2D eigenvalue weighted by atomic mass is 9.86. The van der Waals surface area contributed by atoms with Gasteiger partial charge in [-0.2, -0.15) is 0 Å². The van der Waals surface area contributed by atoms with Crippen molar-refractivity contribution in [2.24, 2.45) is 5.92 Å². The molecule has 0 radical (unpaired) electrons. The molecule has 0 aromatic carbocycles. The van der Waals surface area contributed by atoms with Gasteiger partial charge in [0.2, 0.25) is 0 Å². The average molecular weight is 292 g/mol. The van der Waals surface area contributed by atoms with Crippen LogP contribution >= 0.6 is 0 Å². The van der Waals surface area contributed by atoms with E-state index in [0.29, 0.717) is 30.1 Å². The van der Waals surface area contributed by atoms with E-state index in [-0.39, 0.29) is 10.6 Å². The number of anilines is 2. The van der Waals surface area contributed by atoms with Crippen LogP contribution in [0.5, 0.6) is 0 Å². The maximum atomic E-state index is 11.1. The first-order valence-corrected chi connectivity index (χ1v) is 7.64. The predicted octanol–water partition coefficient (Wildman–Crippen LogP) is 3.44. The van der Waals surface area contributed by atoms with Crippen LogP contribution in [0.15, 0.2) is 12.1 Å². The average Bonchev–Trinajstić information content (AvgIpc) is 2.46. The summed E-state index contributed by atoms with van der Waals surface area (Å²) in [7, 11) is 1.99. The lowest BCUT2D eigenvalue weighted by molar-refractivity contribution is -0.384. The Bertz CT molecular complexity index is 506. The third kappa shape index (κ3) is 3.83. The number of pyridine rings is 1. The van der Waals surface area contributed by atoms with Gasteiger partial charge in [0.05, 0.1) is 17.1 Å². The van der Waals surface area contributed by atoms with Crippen LogP contribution in [0.4, 0.5) is 17.3 Å². The second-order valence-corrected chi connectivity index (χ2v) is 5.89. The minimum atomic E-state index is -0.358. The van der Waals surface area contributed by atoms with Crippen molar-refractivity contribution in [2.75, 3.05) is 23.8 Å². The summed E-state index contributed by atoms with van der Waals surface area (Å²) in [4.78, 5) is 17.4. The van der Waals surface area contributed by atoms with Crippen molar-refractivity contribution in [1.82, 2.24) is 4.98 Å². The van der Waals surface area contributed by atoms with Crippen molar-refractivity contribution in [3.63, 3.8) is 0 Å². The first kappa shape index (κ1) is 15.5. The van der Waals surface area contributed by atoms with Gasteiger partial charge in [-0.3, -0.25) is 10.1 Å². The second-order valence-electron chi connectivity index (χ2n) is 5.89. The van der Waals surface area contributed by atoms with Crippen LogP contribution in [0.1, 0.15) is 39.5 Å². The van der Waals surface area contributed by atoms with Crippen molar-refractivity contribution in [3.05, 3.63) is 22.2 Å². The molecule has 0 amide bonds. The zero-order chi connectivity index (χ0) is 15.4. The van der Waals surface area contributed by atoms with E-state index in [1.54, 1.807) is 6.07 Å². The van der Waals surface area contributed by atoms with E-state index in [0.717, 1.165) is 12.8 Å². The van der Waals surface area contributed by atoms with Crippen molar-refractivity contribution >= 4 is 17.3 Å². The highest BCUT2D eigenvalue weighted by Gasteiger charge is 2.24. The van der Waals surface area contributed by atoms with Gasteiger partial charge in [0, 0.05) is 19.6 Å². The highest BCUT2D eigenvalue weighted by Crippen LogP contribution is 2.31. The third-order valence-electron chi connectivity index (χ3n) is 4.18. The zero-order valence-corrected chi connectivity index (χ0v) is 13.0. The Labute approximate surface area is 125 Å². The van der Waals surface area contributed by atoms with E-state index >= 15 is 0 Å². The van der Waals surface area contributed by atoms with Crippen LogP contribution in [-0.2, 0) is 0 Å². The fraction of sp³-hybridized carbons (Fsp3) is 0.667. The van der Waals surface area contributed by atoms with Crippen LogP contribution < -0.4 is 10.2 Å². The molecule has 6 nitrogen and oxygen atoms in total. The van der Waals surface area contributed by atoms with Crippen LogP contribution in [-0.4, -0.2) is 29.5 Å². The molecule has 1 N–H and O–H groups in total. The first-order valence-electron chi connectivity index (χ1n) is 7.64. The van der Waals surface area contributed by atoms with E-state index in [1.165, 1.54) is 18.9 Å². The van der Waals surface area contributed by atoms with Gasteiger partial charge in [-0.1, -0.05) is 19.8 Å². The lowest BCUT2D eigenvalue weighted by Gasteiger charge is -2.34. The third-order valence-corrected chi connectivity index (χ3v) is 4.18. The van der Waals surface area contributed by atoms with Crippen LogP contribution in [0.2, 0.25) is 0 Å². The highest BCUT2D eigenvalue weighted by molar-refractivity contribution is 5.56. The topological polar surface area (TPSA) is 71.3 Å². The van der Waals surface area contributed by atoms with E-state index in [1.807, 2.05) is 14.0 Å². The standard InChI is InChI=1S/C15H24N4O2/c1-4-16-14-9-13(19(20)21)10-15(17-14)18(3)12-7-5-6-11(2)8-12/h9-12H,4-8H2,1-3H3,(H,16,17). The van der Waals surface area contributed by atoms with Gasteiger partial charge in [0.1, 0.15) is 11.6 Å². The van der Waals surface area contributed by atoms with Crippen LogP contribution in [0.25, 0.3) is 0 Å². The maximum Gasteiger partial charge on any atom is 0.276 e. The van der Waals surface area contributed by atoms with Gasteiger partial charge >= 0.3 is 0 Å². The van der Waals surface area contributed by atoms with Crippen molar-refractivity contribution < 1.29 is 4.92 Å². The molecular formula is C15H24N4O2. The van der Waals surface area contributed by atoms with E-state index in [4.69, 9.17) is 0 Å². The van der Waals surface area contributed by atoms with Gasteiger partial charge in [-0.05, 0) is 25.7 Å². The summed E-state index contributed by atoms with van der Waals surface area (Å²) in [6.45, 7) is 4.91. The normalized spacial score (nSPS) is 21.9. The Balaban J connectivity index is 2.26. The molecule has 1 saturated carbocycles. The summed E-state index contributed by atoms with van der Waals surface area (Å²) in [6, 6.07) is 3.47. The van der Waals surface area contributed by atoms with E-state index in [2.05, 4.69) is 22.1 Å². The fourth-order valence-electron chi connectivity index (χ4n) is 3.00. The van der Waals surface area contributed by atoms with Crippen molar-refractivity contribution in [2.45, 2.75) is 45.6 Å². The molecule has 1 heterocycles. The molecule has 2 rings (SSSR count). The summed E-state index contributed by atoms with van der Waals surface area (Å²) in [5.74, 6) is 1.95. The molecule has 1 fully saturated rings. The Hall–Kier alpha value is -1.85. The van der Waals surface area contributed by atoms with Crippen LogP contribution in [0, 0.1) is 16.0 Å². The summed E-state index contributed by atoms with van der Waals surface area (Å²) < 4.78 is 0. The molecule has 1 aliphatic carbocycles. The van der Waals surface area contributed by atoms with Gasteiger partial charge < -0.3 is 10.2 Å². The number of nitrogens with one attached hydrogen (secondary N) is 1. The second kappa shape index (κ2) is 6.74. The molecule has 0 spiro atoms. The molecule has 0 bridgehead atoms. The molecule has 6 heteroatoms. The van der Waals surface area contributed by atoms with Crippen molar-refractivity contribution in [3.8, 4) is 0 Å². The molecule has 1 aromatic heterocycles. The first-order chi connectivity index (χ1) is 10.0. The molecule has 0 aliphatic heterocycles. The Morgan fingerprint density at radius 1 is 1.48 bits per heavy atom. The number of nitro groups is 1. The summed E-state index contributed by atoms with van der Waals surface area (Å²) in [5, 5.41) is 14.2. The number of aromatic nitrogens is 1. The highest BCUT2D eigenvalue weighted by atomic mass is 16.6. The van der Waals surface area contributed by atoms with Gasteiger partial charge in [-0.25, -0.2) is 4.98 Å². The number of rotatable bonds is 5. The summed E-state index contributed by atoms with van der Waals surface area (Å²) >= 11 is 0. The molecule has 1 aromatic rings. The van der Waals surface area contributed by atoms with Gasteiger partial charge in [0.15, 0.2) is 0 Å². The van der Waals surface area contributed by atoms with E-state index < -0.39 is 0 Å². The number of nitrogens with zero attached hydrogens (tertiary/aromatic N) is 3. The molecule has 21 heavy (non-hydrogen) atoms. The fourth-order valence-corrected chi connectivity index (χ4v) is 3.00. The van der Waals surface area contributed by atoms with Gasteiger partial charge in [-0.15, -0.1) is 0 Å².